The van der Waals surface area contributed by atoms with Crippen molar-refractivity contribution in [2.75, 3.05) is 19.5 Å². The Labute approximate surface area is 138 Å². The number of aromatic nitrogens is 2. The summed E-state index contributed by atoms with van der Waals surface area (Å²) in [7, 11) is 1.65. The largest absolute Gasteiger partial charge is 0.497 e. The van der Waals surface area contributed by atoms with Crippen molar-refractivity contribution in [2.24, 2.45) is 0 Å². The summed E-state index contributed by atoms with van der Waals surface area (Å²) in [6, 6.07) is 14.9. The summed E-state index contributed by atoms with van der Waals surface area (Å²) in [6.07, 6.45) is 0. The number of methoxy groups -OCH3 is 1. The van der Waals surface area contributed by atoms with E-state index in [0.29, 0.717) is 12.2 Å². The number of thioether (sulfide) groups is 1. The molecule has 0 spiro atoms. The monoisotopic (exact) mass is 325 g/mol. The number of hydrogen-bond acceptors (Lipinski definition) is 5. The van der Waals surface area contributed by atoms with Crippen LogP contribution < -0.4 is 9.47 Å². The minimum Gasteiger partial charge on any atom is -0.497 e. The van der Waals surface area contributed by atoms with E-state index in [0.717, 1.165) is 33.4 Å². The topological polar surface area (TPSA) is 70.9 Å². The van der Waals surface area contributed by atoms with E-state index in [4.69, 9.17) is 14.7 Å². The molecule has 0 bridgehead atoms. The predicted octanol–water partition coefficient (Wildman–Crippen LogP) is 3.61. The van der Waals surface area contributed by atoms with Gasteiger partial charge in [-0.1, -0.05) is 11.8 Å². The molecule has 3 rings (SSSR count). The Morgan fingerprint density at radius 1 is 1.17 bits per heavy atom. The van der Waals surface area contributed by atoms with Gasteiger partial charge in [0.05, 0.1) is 36.4 Å². The van der Waals surface area contributed by atoms with Gasteiger partial charge in [0.25, 0.3) is 0 Å². The van der Waals surface area contributed by atoms with Crippen LogP contribution in [0.15, 0.2) is 47.6 Å². The number of imidazole rings is 1. The molecule has 0 aliphatic heterocycles. The fourth-order valence-electron chi connectivity index (χ4n) is 2.08. The molecule has 0 saturated heterocycles. The maximum atomic E-state index is 8.75. The molecule has 0 fully saturated rings. The van der Waals surface area contributed by atoms with Gasteiger partial charge in [-0.25, -0.2) is 4.98 Å². The van der Waals surface area contributed by atoms with Gasteiger partial charge in [0.15, 0.2) is 5.16 Å². The number of fused-ring (bicyclic) bond motifs is 1. The third kappa shape index (κ3) is 3.76. The van der Waals surface area contributed by atoms with E-state index in [9.17, 15) is 0 Å². The Hall–Kier alpha value is -2.65. The van der Waals surface area contributed by atoms with E-state index in [1.807, 2.05) is 18.2 Å². The molecule has 2 aromatic carbocycles. The van der Waals surface area contributed by atoms with Gasteiger partial charge < -0.3 is 14.5 Å². The average molecular weight is 325 g/mol. The molecule has 1 heterocycles. The van der Waals surface area contributed by atoms with Crippen molar-refractivity contribution >= 4 is 22.8 Å². The number of rotatable bonds is 6. The van der Waals surface area contributed by atoms with Gasteiger partial charge in [-0.3, -0.25) is 0 Å². The van der Waals surface area contributed by atoms with E-state index in [1.165, 1.54) is 0 Å². The van der Waals surface area contributed by atoms with Crippen LogP contribution in [0.3, 0.4) is 0 Å². The van der Waals surface area contributed by atoms with Crippen LogP contribution in [0.5, 0.6) is 11.5 Å². The lowest BCUT2D eigenvalue weighted by atomic mass is 10.2. The number of benzene rings is 2. The van der Waals surface area contributed by atoms with Crippen LogP contribution >= 0.6 is 11.8 Å². The fourth-order valence-corrected chi connectivity index (χ4v) is 2.79. The third-order valence-corrected chi connectivity index (χ3v) is 4.08. The molecule has 0 unspecified atom stereocenters. The van der Waals surface area contributed by atoms with E-state index >= 15 is 0 Å². The lowest BCUT2D eigenvalue weighted by Crippen LogP contribution is -2.00. The van der Waals surface area contributed by atoms with Gasteiger partial charge in [0.1, 0.15) is 11.5 Å². The number of nitriles is 1. The maximum Gasteiger partial charge on any atom is 0.166 e. The van der Waals surface area contributed by atoms with Crippen LogP contribution in [0.25, 0.3) is 11.0 Å². The van der Waals surface area contributed by atoms with Gasteiger partial charge in [-0.15, -0.1) is 0 Å². The SMILES string of the molecule is COc1ccc2nc(SCCOc3ccc(C#N)cc3)[nH]c2c1. The molecule has 0 aliphatic rings. The summed E-state index contributed by atoms with van der Waals surface area (Å²) < 4.78 is 10.8. The van der Waals surface area contributed by atoms with E-state index < -0.39 is 0 Å². The number of ether oxygens (including phenoxy) is 2. The quantitative estimate of drug-likeness (QED) is 0.554. The molecule has 1 aromatic heterocycles. The summed E-state index contributed by atoms with van der Waals surface area (Å²) >= 11 is 1.60. The van der Waals surface area contributed by atoms with Crippen molar-refractivity contribution in [1.29, 1.82) is 5.26 Å². The van der Waals surface area contributed by atoms with Crippen LogP contribution in [-0.2, 0) is 0 Å². The summed E-state index contributed by atoms with van der Waals surface area (Å²) in [6.45, 7) is 0.566. The van der Waals surface area contributed by atoms with E-state index in [2.05, 4.69) is 16.0 Å². The number of hydrogen-bond donors (Lipinski definition) is 1. The predicted molar refractivity (Wildman–Crippen MR) is 90.0 cm³/mol. The maximum absolute atomic E-state index is 8.75. The number of H-pyrrole nitrogens is 1. The Morgan fingerprint density at radius 3 is 2.70 bits per heavy atom. The molecule has 0 saturated carbocycles. The zero-order chi connectivity index (χ0) is 16.1. The van der Waals surface area contributed by atoms with Gasteiger partial charge >= 0.3 is 0 Å². The van der Waals surface area contributed by atoms with Gasteiger partial charge in [-0.05, 0) is 36.4 Å². The summed E-state index contributed by atoms with van der Waals surface area (Å²) in [5.74, 6) is 2.34. The molecule has 5 nitrogen and oxygen atoms in total. The highest BCUT2D eigenvalue weighted by atomic mass is 32.2. The first-order valence-electron chi connectivity index (χ1n) is 7.08. The molecule has 0 radical (unpaired) electrons. The molecule has 6 heteroatoms. The molecule has 1 N–H and O–H groups in total. The fraction of sp³-hybridized carbons (Fsp3) is 0.176. The second-order valence-electron chi connectivity index (χ2n) is 4.76. The molecule has 0 atom stereocenters. The van der Waals surface area contributed by atoms with Crippen LogP contribution in [-0.4, -0.2) is 29.4 Å². The lowest BCUT2D eigenvalue weighted by Gasteiger charge is -2.04. The van der Waals surface area contributed by atoms with Gasteiger partial charge in [0.2, 0.25) is 0 Å². The Morgan fingerprint density at radius 2 is 1.96 bits per heavy atom. The highest BCUT2D eigenvalue weighted by molar-refractivity contribution is 7.99. The smallest absolute Gasteiger partial charge is 0.166 e. The Balaban J connectivity index is 1.53. The highest BCUT2D eigenvalue weighted by Crippen LogP contribution is 2.23. The lowest BCUT2D eigenvalue weighted by molar-refractivity contribution is 0.344. The van der Waals surface area contributed by atoms with Gasteiger partial charge in [-0.2, -0.15) is 5.26 Å². The van der Waals surface area contributed by atoms with Crippen molar-refractivity contribution in [3.8, 4) is 17.6 Å². The summed E-state index contributed by atoms with van der Waals surface area (Å²) in [5.41, 5.74) is 2.51. The van der Waals surface area contributed by atoms with Crippen molar-refractivity contribution < 1.29 is 9.47 Å². The molecule has 3 aromatic rings. The number of nitrogens with zero attached hydrogens (tertiary/aromatic N) is 2. The van der Waals surface area contributed by atoms with Crippen molar-refractivity contribution in [2.45, 2.75) is 5.16 Å². The van der Waals surface area contributed by atoms with Crippen molar-refractivity contribution in [3.05, 3.63) is 48.0 Å². The van der Waals surface area contributed by atoms with Crippen LogP contribution in [0.4, 0.5) is 0 Å². The average Bonchev–Trinajstić information content (AvgIpc) is 3.01. The second-order valence-corrected chi connectivity index (χ2v) is 5.84. The minimum atomic E-state index is 0.566. The Bertz CT molecular complexity index is 837. The molecule has 0 amide bonds. The molecule has 0 aliphatic carbocycles. The molecule has 116 valence electrons. The number of nitrogens with one attached hydrogen (secondary N) is 1. The van der Waals surface area contributed by atoms with Crippen LogP contribution in [0.2, 0.25) is 0 Å². The molecular formula is C17H15N3O2S. The Kier molecular flexibility index (Phi) is 4.69. The second kappa shape index (κ2) is 7.07. The van der Waals surface area contributed by atoms with Gasteiger partial charge in [0, 0.05) is 11.8 Å². The first-order chi connectivity index (χ1) is 11.3. The van der Waals surface area contributed by atoms with Crippen LogP contribution in [0, 0.1) is 11.3 Å². The van der Waals surface area contributed by atoms with E-state index in [1.54, 1.807) is 43.1 Å². The standard InChI is InChI=1S/C17H15N3O2S/c1-21-14-6-7-15-16(10-14)20-17(19-15)23-9-8-22-13-4-2-12(11-18)3-5-13/h2-7,10H,8-9H2,1H3,(H,19,20). The minimum absolute atomic E-state index is 0.566. The van der Waals surface area contributed by atoms with E-state index in [-0.39, 0.29) is 0 Å². The zero-order valence-corrected chi connectivity index (χ0v) is 13.4. The van der Waals surface area contributed by atoms with Crippen molar-refractivity contribution in [1.82, 2.24) is 9.97 Å². The number of aromatic amines is 1. The normalized spacial score (nSPS) is 10.4. The van der Waals surface area contributed by atoms with Crippen LogP contribution in [0.1, 0.15) is 5.56 Å². The molecule has 23 heavy (non-hydrogen) atoms. The summed E-state index contributed by atoms with van der Waals surface area (Å²) in [5, 5.41) is 9.61. The first kappa shape index (κ1) is 15.3. The summed E-state index contributed by atoms with van der Waals surface area (Å²) in [4.78, 5) is 7.78. The first-order valence-corrected chi connectivity index (χ1v) is 8.06. The highest BCUT2D eigenvalue weighted by Gasteiger charge is 2.05. The molecular weight excluding hydrogens is 310 g/mol. The zero-order valence-electron chi connectivity index (χ0n) is 12.6. The third-order valence-electron chi connectivity index (χ3n) is 3.24. The van der Waals surface area contributed by atoms with Crippen molar-refractivity contribution in [3.63, 3.8) is 0 Å².